The minimum Gasteiger partial charge on any atom is -0.369 e. The molecule has 0 aliphatic rings. The van der Waals surface area contributed by atoms with Crippen LogP contribution in [0.15, 0.2) is 24.3 Å². The molecule has 0 saturated carbocycles. The van der Waals surface area contributed by atoms with Crippen LogP contribution in [0.1, 0.15) is 45.7 Å². The summed E-state index contributed by atoms with van der Waals surface area (Å²) in [7, 11) is 0. The van der Waals surface area contributed by atoms with Crippen molar-refractivity contribution in [1.82, 2.24) is 0 Å². The van der Waals surface area contributed by atoms with Gasteiger partial charge in [-0.1, -0.05) is 19.1 Å². The molecule has 0 aliphatic heterocycles. The molecule has 2 nitrogen and oxygen atoms in total. The number of nitrogens with two attached hydrogens (primary N) is 1. The zero-order valence-corrected chi connectivity index (χ0v) is 10.9. The van der Waals surface area contributed by atoms with E-state index in [1.54, 1.807) is 0 Å². The Morgan fingerprint density at radius 2 is 1.69 bits per heavy atom. The van der Waals surface area contributed by atoms with E-state index in [0.29, 0.717) is 6.04 Å². The van der Waals surface area contributed by atoms with Gasteiger partial charge in [0.05, 0.1) is 0 Å². The van der Waals surface area contributed by atoms with E-state index in [1.165, 1.54) is 11.3 Å². The van der Waals surface area contributed by atoms with E-state index < -0.39 is 0 Å². The number of hydrogen-bond acceptors (Lipinski definition) is 2. The predicted octanol–water partition coefficient (Wildman–Crippen LogP) is 3.33. The number of nitrogens with zero attached hydrogens (tertiary/aromatic N) is 1. The Morgan fingerprint density at radius 3 is 2.06 bits per heavy atom. The Morgan fingerprint density at radius 1 is 1.12 bits per heavy atom. The van der Waals surface area contributed by atoms with E-state index in [0.717, 1.165) is 13.0 Å². The molecule has 0 saturated heterocycles. The topological polar surface area (TPSA) is 29.3 Å². The molecular formula is C14H24N2. The molecule has 0 aliphatic carbocycles. The molecule has 0 amide bonds. The van der Waals surface area contributed by atoms with Crippen LogP contribution in [-0.4, -0.2) is 12.6 Å². The van der Waals surface area contributed by atoms with Crippen molar-refractivity contribution in [3.63, 3.8) is 0 Å². The van der Waals surface area contributed by atoms with Crippen molar-refractivity contribution in [3.05, 3.63) is 29.8 Å². The van der Waals surface area contributed by atoms with Gasteiger partial charge in [-0.25, -0.2) is 0 Å². The maximum atomic E-state index is 6.00. The minimum absolute atomic E-state index is 0.170. The van der Waals surface area contributed by atoms with Gasteiger partial charge in [0.2, 0.25) is 0 Å². The first-order chi connectivity index (χ1) is 7.60. The molecule has 2 heteroatoms. The number of benzene rings is 1. The quantitative estimate of drug-likeness (QED) is 0.824. The molecule has 90 valence electrons. The van der Waals surface area contributed by atoms with Crippen LogP contribution in [0.5, 0.6) is 0 Å². The lowest BCUT2D eigenvalue weighted by atomic mass is 10.0. The van der Waals surface area contributed by atoms with Gasteiger partial charge in [-0.3, -0.25) is 0 Å². The molecule has 1 atom stereocenters. The fraction of sp³-hybridized carbons (Fsp3) is 0.571. The first kappa shape index (κ1) is 13.0. The fourth-order valence-electron chi connectivity index (χ4n) is 1.99. The van der Waals surface area contributed by atoms with Crippen molar-refractivity contribution in [2.24, 2.45) is 5.73 Å². The summed E-state index contributed by atoms with van der Waals surface area (Å²) in [5.74, 6) is 0. The molecule has 16 heavy (non-hydrogen) atoms. The summed E-state index contributed by atoms with van der Waals surface area (Å²) in [5.41, 5.74) is 8.51. The average Bonchev–Trinajstić information content (AvgIpc) is 2.29. The van der Waals surface area contributed by atoms with Crippen LogP contribution in [0.25, 0.3) is 0 Å². The Balaban J connectivity index is 2.85. The SMILES string of the molecule is CC[C@H](N)c1ccc(N(CC)C(C)C)cc1. The highest BCUT2D eigenvalue weighted by molar-refractivity contribution is 5.48. The van der Waals surface area contributed by atoms with Crippen LogP contribution < -0.4 is 10.6 Å². The lowest BCUT2D eigenvalue weighted by molar-refractivity contribution is 0.692. The Hall–Kier alpha value is -1.02. The lowest BCUT2D eigenvalue weighted by Gasteiger charge is -2.27. The highest BCUT2D eigenvalue weighted by Crippen LogP contribution is 2.21. The number of rotatable bonds is 5. The van der Waals surface area contributed by atoms with Crippen LogP contribution in [0, 0.1) is 0 Å². The molecule has 0 spiro atoms. The highest BCUT2D eigenvalue weighted by Gasteiger charge is 2.09. The third-order valence-electron chi connectivity index (χ3n) is 3.06. The molecule has 0 fully saturated rings. The van der Waals surface area contributed by atoms with Crippen molar-refractivity contribution in [3.8, 4) is 0 Å². The first-order valence-corrected chi connectivity index (χ1v) is 6.22. The molecule has 0 unspecified atom stereocenters. The second kappa shape index (κ2) is 5.90. The second-order valence-electron chi connectivity index (χ2n) is 4.49. The summed E-state index contributed by atoms with van der Waals surface area (Å²) in [6.07, 6.45) is 0.987. The van der Waals surface area contributed by atoms with Gasteiger partial charge in [-0.2, -0.15) is 0 Å². The van der Waals surface area contributed by atoms with Crippen molar-refractivity contribution in [2.45, 2.75) is 46.2 Å². The van der Waals surface area contributed by atoms with Gasteiger partial charge < -0.3 is 10.6 Å². The maximum absolute atomic E-state index is 6.00. The molecular weight excluding hydrogens is 196 g/mol. The van der Waals surface area contributed by atoms with Gasteiger partial charge in [0.15, 0.2) is 0 Å². The molecule has 0 bridgehead atoms. The molecule has 2 N–H and O–H groups in total. The summed E-state index contributed by atoms with van der Waals surface area (Å²) in [5, 5.41) is 0. The third-order valence-corrected chi connectivity index (χ3v) is 3.06. The van der Waals surface area contributed by atoms with Crippen molar-refractivity contribution < 1.29 is 0 Å². The van der Waals surface area contributed by atoms with Gasteiger partial charge in [0, 0.05) is 24.3 Å². The molecule has 0 radical (unpaired) electrons. The zero-order valence-electron chi connectivity index (χ0n) is 10.9. The zero-order chi connectivity index (χ0) is 12.1. The largest absolute Gasteiger partial charge is 0.369 e. The Bertz CT molecular complexity index is 303. The fourth-order valence-corrected chi connectivity index (χ4v) is 1.99. The summed E-state index contributed by atoms with van der Waals surface area (Å²) < 4.78 is 0. The molecule has 0 aromatic heterocycles. The van der Waals surface area contributed by atoms with Crippen LogP contribution in [-0.2, 0) is 0 Å². The first-order valence-electron chi connectivity index (χ1n) is 6.22. The predicted molar refractivity (Wildman–Crippen MR) is 71.8 cm³/mol. The molecule has 1 aromatic carbocycles. The van der Waals surface area contributed by atoms with E-state index in [2.05, 4.69) is 56.9 Å². The highest BCUT2D eigenvalue weighted by atomic mass is 15.1. The van der Waals surface area contributed by atoms with E-state index in [4.69, 9.17) is 5.73 Å². The molecule has 0 heterocycles. The van der Waals surface area contributed by atoms with Crippen LogP contribution in [0.3, 0.4) is 0 Å². The smallest absolute Gasteiger partial charge is 0.0368 e. The van der Waals surface area contributed by atoms with Crippen molar-refractivity contribution in [1.29, 1.82) is 0 Å². The van der Waals surface area contributed by atoms with E-state index in [-0.39, 0.29) is 6.04 Å². The Labute approximate surface area is 99.5 Å². The minimum atomic E-state index is 0.170. The molecule has 1 aromatic rings. The third kappa shape index (κ3) is 2.99. The van der Waals surface area contributed by atoms with Gasteiger partial charge in [-0.05, 0) is 44.9 Å². The monoisotopic (exact) mass is 220 g/mol. The van der Waals surface area contributed by atoms with Crippen molar-refractivity contribution in [2.75, 3.05) is 11.4 Å². The Kier molecular flexibility index (Phi) is 4.81. The average molecular weight is 220 g/mol. The summed E-state index contributed by atoms with van der Waals surface area (Å²) in [6, 6.07) is 9.35. The van der Waals surface area contributed by atoms with Crippen LogP contribution in [0.2, 0.25) is 0 Å². The van der Waals surface area contributed by atoms with Crippen LogP contribution in [0.4, 0.5) is 5.69 Å². The van der Waals surface area contributed by atoms with Crippen molar-refractivity contribution >= 4 is 5.69 Å². The van der Waals surface area contributed by atoms with E-state index >= 15 is 0 Å². The van der Waals surface area contributed by atoms with Gasteiger partial charge >= 0.3 is 0 Å². The van der Waals surface area contributed by atoms with Crippen LogP contribution >= 0.6 is 0 Å². The summed E-state index contributed by atoms with van der Waals surface area (Å²) in [6.45, 7) is 9.78. The number of anilines is 1. The van der Waals surface area contributed by atoms with Gasteiger partial charge in [0.1, 0.15) is 0 Å². The molecule has 1 rings (SSSR count). The van der Waals surface area contributed by atoms with E-state index in [9.17, 15) is 0 Å². The van der Waals surface area contributed by atoms with Gasteiger partial charge in [-0.15, -0.1) is 0 Å². The summed E-state index contributed by atoms with van der Waals surface area (Å²) in [4.78, 5) is 2.38. The van der Waals surface area contributed by atoms with Gasteiger partial charge in [0.25, 0.3) is 0 Å². The lowest BCUT2D eigenvalue weighted by Crippen LogP contribution is -2.30. The summed E-state index contributed by atoms with van der Waals surface area (Å²) >= 11 is 0. The normalized spacial score (nSPS) is 12.9. The number of hydrogen-bond donors (Lipinski definition) is 1. The standard InChI is InChI=1S/C14H24N2/c1-5-14(15)12-7-9-13(10-8-12)16(6-2)11(3)4/h7-11,14H,5-6,15H2,1-4H3/t14-/m0/s1. The second-order valence-corrected chi connectivity index (χ2v) is 4.49. The van der Waals surface area contributed by atoms with E-state index in [1.807, 2.05) is 0 Å². The maximum Gasteiger partial charge on any atom is 0.0368 e.